The van der Waals surface area contributed by atoms with Crippen LogP contribution in [0.25, 0.3) is 0 Å². The Hall–Kier alpha value is -2.17. The number of Topliss-reactive ketones (excluding diaryl/α,β-unsaturated/α-hetero) is 1. The second-order valence-corrected chi connectivity index (χ2v) is 6.55. The number of hydrogen-bond acceptors (Lipinski definition) is 4. The van der Waals surface area contributed by atoms with Crippen LogP contribution in [0.1, 0.15) is 37.0 Å². The SMILES string of the molecule is COC(CCC(C(C)=O)C(=O)OCc1ccccc1)c1ccc(Cl)cc1. The minimum atomic E-state index is -0.788. The van der Waals surface area contributed by atoms with Gasteiger partial charge in [-0.3, -0.25) is 9.59 Å². The molecule has 4 nitrogen and oxygen atoms in total. The van der Waals surface area contributed by atoms with Gasteiger partial charge in [-0.15, -0.1) is 0 Å². The summed E-state index contributed by atoms with van der Waals surface area (Å²) < 4.78 is 10.8. The van der Waals surface area contributed by atoms with Crippen LogP contribution in [0.2, 0.25) is 5.02 Å². The highest BCUT2D eigenvalue weighted by molar-refractivity contribution is 6.30. The summed E-state index contributed by atoms with van der Waals surface area (Å²) >= 11 is 5.91. The van der Waals surface area contributed by atoms with Crippen LogP contribution in [0.5, 0.6) is 0 Å². The summed E-state index contributed by atoms with van der Waals surface area (Å²) in [6.45, 7) is 1.58. The van der Waals surface area contributed by atoms with Crippen molar-refractivity contribution in [3.8, 4) is 0 Å². The smallest absolute Gasteiger partial charge is 0.316 e. The van der Waals surface area contributed by atoms with E-state index >= 15 is 0 Å². The van der Waals surface area contributed by atoms with Crippen LogP contribution in [-0.4, -0.2) is 18.9 Å². The van der Waals surface area contributed by atoms with E-state index in [1.807, 2.05) is 42.5 Å². The lowest BCUT2D eigenvalue weighted by Gasteiger charge is -2.19. The molecule has 0 saturated carbocycles. The topological polar surface area (TPSA) is 52.6 Å². The predicted octanol–water partition coefficient (Wildman–Crippen LogP) is 4.76. The number of halogens is 1. The number of hydrogen-bond donors (Lipinski definition) is 0. The molecule has 0 aromatic heterocycles. The Kier molecular flexibility index (Phi) is 7.82. The summed E-state index contributed by atoms with van der Waals surface area (Å²) in [6.07, 6.45) is 0.684. The third-order valence-corrected chi connectivity index (χ3v) is 4.49. The zero-order valence-corrected chi connectivity index (χ0v) is 15.7. The van der Waals surface area contributed by atoms with Crippen LogP contribution in [0, 0.1) is 5.92 Å². The molecule has 0 N–H and O–H groups in total. The maximum Gasteiger partial charge on any atom is 0.316 e. The van der Waals surface area contributed by atoms with Gasteiger partial charge in [0, 0.05) is 12.1 Å². The molecule has 2 rings (SSSR count). The second kappa shape index (κ2) is 10.1. The van der Waals surface area contributed by atoms with Crippen LogP contribution >= 0.6 is 11.6 Å². The molecule has 0 bridgehead atoms. The molecule has 0 aliphatic rings. The van der Waals surface area contributed by atoms with Gasteiger partial charge in [-0.05, 0) is 43.0 Å². The summed E-state index contributed by atoms with van der Waals surface area (Å²) in [5, 5.41) is 0.648. The number of benzene rings is 2. The van der Waals surface area contributed by atoms with Crippen LogP contribution in [0.15, 0.2) is 54.6 Å². The van der Waals surface area contributed by atoms with E-state index in [-0.39, 0.29) is 18.5 Å². The molecule has 0 aliphatic heterocycles. The Bertz CT molecular complexity index is 713. The third-order valence-electron chi connectivity index (χ3n) is 4.24. The number of carbonyl (C=O) groups excluding carboxylic acids is 2. The van der Waals surface area contributed by atoms with Gasteiger partial charge in [0.25, 0.3) is 0 Å². The summed E-state index contributed by atoms with van der Waals surface area (Å²) in [4.78, 5) is 24.3. The highest BCUT2D eigenvalue weighted by Crippen LogP contribution is 2.26. The number of ether oxygens (including phenoxy) is 2. The van der Waals surface area contributed by atoms with E-state index in [2.05, 4.69) is 0 Å². The normalized spacial score (nSPS) is 13.0. The Morgan fingerprint density at radius 3 is 2.23 bits per heavy atom. The van der Waals surface area contributed by atoms with Crippen molar-refractivity contribution in [2.75, 3.05) is 7.11 Å². The molecule has 0 aliphatic carbocycles. The van der Waals surface area contributed by atoms with Gasteiger partial charge in [0.05, 0.1) is 6.10 Å². The molecule has 26 heavy (non-hydrogen) atoms. The largest absolute Gasteiger partial charge is 0.460 e. The van der Waals surface area contributed by atoms with Crippen molar-refractivity contribution >= 4 is 23.4 Å². The fourth-order valence-corrected chi connectivity index (χ4v) is 2.86. The van der Waals surface area contributed by atoms with Gasteiger partial charge in [-0.25, -0.2) is 0 Å². The Morgan fingerprint density at radius 1 is 1.00 bits per heavy atom. The maximum atomic E-state index is 12.3. The first-order valence-electron chi connectivity index (χ1n) is 8.50. The van der Waals surface area contributed by atoms with Crippen LogP contribution in [0.4, 0.5) is 0 Å². The van der Waals surface area contributed by atoms with Crippen molar-refractivity contribution in [2.24, 2.45) is 5.92 Å². The first kappa shape index (κ1) is 20.1. The molecule has 5 heteroatoms. The molecule has 2 atom stereocenters. The van der Waals surface area contributed by atoms with E-state index in [0.29, 0.717) is 17.9 Å². The van der Waals surface area contributed by atoms with Gasteiger partial charge in [-0.2, -0.15) is 0 Å². The van der Waals surface area contributed by atoms with Crippen LogP contribution in [0.3, 0.4) is 0 Å². The van der Waals surface area contributed by atoms with Crippen molar-refractivity contribution in [3.63, 3.8) is 0 Å². The maximum absolute atomic E-state index is 12.3. The minimum absolute atomic E-state index is 0.161. The molecule has 0 amide bonds. The van der Waals surface area contributed by atoms with E-state index in [0.717, 1.165) is 11.1 Å². The molecule has 0 heterocycles. The lowest BCUT2D eigenvalue weighted by Crippen LogP contribution is -2.25. The first-order valence-corrected chi connectivity index (χ1v) is 8.88. The highest BCUT2D eigenvalue weighted by Gasteiger charge is 2.26. The summed E-state index contributed by atoms with van der Waals surface area (Å²) in [7, 11) is 1.61. The fourth-order valence-electron chi connectivity index (χ4n) is 2.73. The van der Waals surface area contributed by atoms with Gasteiger partial charge >= 0.3 is 5.97 Å². The van der Waals surface area contributed by atoms with E-state index in [9.17, 15) is 9.59 Å². The van der Waals surface area contributed by atoms with Gasteiger partial charge in [0.15, 0.2) is 0 Å². The van der Waals surface area contributed by atoms with E-state index in [4.69, 9.17) is 21.1 Å². The number of ketones is 1. The molecular formula is C21H23ClO4. The Morgan fingerprint density at radius 2 is 1.65 bits per heavy atom. The molecule has 2 unspecified atom stereocenters. The quantitative estimate of drug-likeness (QED) is 0.469. The van der Waals surface area contributed by atoms with Crippen molar-refractivity contribution in [3.05, 3.63) is 70.7 Å². The van der Waals surface area contributed by atoms with Crippen molar-refractivity contribution < 1.29 is 19.1 Å². The van der Waals surface area contributed by atoms with E-state index in [1.54, 1.807) is 19.2 Å². The highest BCUT2D eigenvalue weighted by atomic mass is 35.5. The molecule has 2 aromatic rings. The lowest BCUT2D eigenvalue weighted by molar-refractivity contribution is -0.153. The zero-order chi connectivity index (χ0) is 18.9. The third kappa shape index (κ3) is 5.97. The lowest BCUT2D eigenvalue weighted by atomic mass is 9.95. The van der Waals surface area contributed by atoms with Gasteiger partial charge in [0.1, 0.15) is 18.3 Å². The van der Waals surface area contributed by atoms with Crippen LogP contribution < -0.4 is 0 Å². The molecule has 138 valence electrons. The van der Waals surface area contributed by atoms with Gasteiger partial charge < -0.3 is 9.47 Å². The predicted molar refractivity (Wildman–Crippen MR) is 101 cm³/mol. The minimum Gasteiger partial charge on any atom is -0.460 e. The summed E-state index contributed by atoms with van der Waals surface area (Å²) in [5.41, 5.74) is 1.84. The number of methoxy groups -OCH3 is 1. The Labute approximate surface area is 159 Å². The van der Waals surface area contributed by atoms with Crippen molar-refractivity contribution in [1.29, 1.82) is 0 Å². The monoisotopic (exact) mass is 374 g/mol. The van der Waals surface area contributed by atoms with E-state index in [1.165, 1.54) is 6.92 Å². The summed E-state index contributed by atoms with van der Waals surface area (Å²) in [5.74, 6) is -1.48. The molecule has 0 spiro atoms. The average molecular weight is 375 g/mol. The van der Waals surface area contributed by atoms with Crippen LogP contribution in [-0.2, 0) is 25.7 Å². The summed E-state index contributed by atoms with van der Waals surface area (Å²) in [6, 6.07) is 16.7. The number of rotatable bonds is 9. The molecule has 0 fully saturated rings. The zero-order valence-electron chi connectivity index (χ0n) is 15.0. The van der Waals surface area contributed by atoms with Gasteiger partial charge in [-0.1, -0.05) is 54.1 Å². The standard InChI is InChI=1S/C21H23ClO4/c1-15(23)19(21(24)26-14-16-6-4-3-5-7-16)12-13-20(25-2)17-8-10-18(22)11-9-17/h3-11,19-20H,12-14H2,1-2H3. The van der Waals surface area contributed by atoms with Gasteiger partial charge in [0.2, 0.25) is 0 Å². The second-order valence-electron chi connectivity index (χ2n) is 6.11. The Balaban J connectivity index is 1.94. The molecule has 0 radical (unpaired) electrons. The van der Waals surface area contributed by atoms with E-state index < -0.39 is 11.9 Å². The first-order chi connectivity index (χ1) is 12.5. The molecule has 2 aromatic carbocycles. The number of carbonyl (C=O) groups is 2. The number of esters is 1. The fraction of sp³-hybridized carbons (Fsp3) is 0.333. The van der Waals surface area contributed by atoms with Crippen molar-refractivity contribution in [2.45, 2.75) is 32.5 Å². The average Bonchev–Trinajstić information content (AvgIpc) is 2.65. The molecular weight excluding hydrogens is 352 g/mol. The molecule has 0 saturated heterocycles. The van der Waals surface area contributed by atoms with Crippen molar-refractivity contribution in [1.82, 2.24) is 0 Å².